The Labute approximate surface area is 221 Å². The largest absolute Gasteiger partial charge is 0.507 e. The van der Waals surface area contributed by atoms with Gasteiger partial charge in [0.25, 0.3) is 11.7 Å². The van der Waals surface area contributed by atoms with E-state index in [0.717, 1.165) is 16.9 Å². The minimum atomic E-state index is -0.951. The number of aliphatic hydroxyl groups is 1. The summed E-state index contributed by atoms with van der Waals surface area (Å²) in [6.45, 7) is 3.83. The lowest BCUT2D eigenvalue weighted by Crippen LogP contribution is -2.30. The molecule has 2 heterocycles. The molecule has 1 fully saturated rings. The van der Waals surface area contributed by atoms with Crippen molar-refractivity contribution < 1.29 is 33.6 Å². The van der Waals surface area contributed by atoms with Gasteiger partial charge in [-0.1, -0.05) is 18.2 Å². The van der Waals surface area contributed by atoms with Crippen molar-refractivity contribution in [3.63, 3.8) is 0 Å². The van der Waals surface area contributed by atoms with Gasteiger partial charge in [0.15, 0.2) is 11.5 Å². The second kappa shape index (κ2) is 9.78. The number of fused-ring (bicyclic) bond motifs is 1. The number of ether oxygens (including phenoxy) is 4. The van der Waals surface area contributed by atoms with E-state index in [0.29, 0.717) is 40.5 Å². The molecule has 3 aromatic carbocycles. The van der Waals surface area contributed by atoms with Crippen molar-refractivity contribution in [1.29, 1.82) is 0 Å². The molecule has 0 spiro atoms. The fourth-order valence-corrected chi connectivity index (χ4v) is 5.21. The fraction of sp³-hybridized carbons (Fsp3) is 0.267. The quantitative estimate of drug-likeness (QED) is 0.281. The Kier molecular flexibility index (Phi) is 6.48. The van der Waals surface area contributed by atoms with Crippen LogP contribution in [0, 0.1) is 6.92 Å². The first-order chi connectivity index (χ1) is 18.3. The Balaban J connectivity index is 1.76. The number of hydrogen-bond donors (Lipinski definition) is 1. The van der Waals surface area contributed by atoms with Crippen LogP contribution in [0.25, 0.3) is 5.76 Å². The molecule has 2 aliphatic rings. The van der Waals surface area contributed by atoms with Crippen LogP contribution in [0.2, 0.25) is 0 Å². The summed E-state index contributed by atoms with van der Waals surface area (Å²) in [6.07, 6.45) is 0.706. The highest BCUT2D eigenvalue weighted by molar-refractivity contribution is 6.51. The van der Waals surface area contributed by atoms with Gasteiger partial charge in [-0.25, -0.2) is 0 Å². The summed E-state index contributed by atoms with van der Waals surface area (Å²) in [7, 11) is 4.48. The monoisotopic (exact) mass is 515 g/mol. The third kappa shape index (κ3) is 4.02. The van der Waals surface area contributed by atoms with Gasteiger partial charge in [0.05, 0.1) is 32.9 Å². The highest BCUT2D eigenvalue weighted by Gasteiger charge is 2.48. The molecule has 38 heavy (non-hydrogen) atoms. The molecule has 8 heteroatoms. The maximum Gasteiger partial charge on any atom is 0.300 e. The number of amides is 1. The first kappa shape index (κ1) is 25.2. The molecule has 0 saturated carbocycles. The number of Topliss-reactive ketones (excluding diaryl/α,β-unsaturated/α-hetero) is 1. The number of aryl methyl sites for hydroxylation is 1. The molecule has 196 valence electrons. The number of rotatable bonds is 6. The standard InChI is InChI=1S/C30H29NO7/c1-16-8-6-7-9-21(16)31-26(20-14-23(35-3)29(37-5)24(15-20)36-4)25(28(33)30(31)34)27(32)18-10-11-22-19(13-18)12-17(2)38-22/h6-11,13-15,17,26,32H,12H2,1-5H3/b27-25+. The van der Waals surface area contributed by atoms with Crippen molar-refractivity contribution in [3.05, 3.63) is 82.4 Å². The Bertz CT molecular complexity index is 1450. The molecule has 1 N–H and O–H groups in total. The van der Waals surface area contributed by atoms with Gasteiger partial charge in [-0.15, -0.1) is 0 Å². The average Bonchev–Trinajstić information content (AvgIpc) is 3.42. The van der Waals surface area contributed by atoms with E-state index in [1.165, 1.54) is 26.2 Å². The third-order valence-electron chi connectivity index (χ3n) is 6.99. The number of methoxy groups -OCH3 is 3. The number of ketones is 1. The van der Waals surface area contributed by atoms with Crippen molar-refractivity contribution in [3.8, 4) is 23.0 Å². The zero-order chi connectivity index (χ0) is 27.1. The van der Waals surface area contributed by atoms with E-state index in [1.807, 2.05) is 32.0 Å². The SMILES string of the molecule is COc1cc(C2/C(=C(\O)c3ccc4c(c3)CC(C)O4)C(=O)C(=O)N2c2ccccc2C)cc(OC)c1OC. The van der Waals surface area contributed by atoms with E-state index in [2.05, 4.69) is 0 Å². The Morgan fingerprint density at radius 3 is 2.29 bits per heavy atom. The minimum Gasteiger partial charge on any atom is -0.507 e. The van der Waals surface area contributed by atoms with Crippen LogP contribution in [0.3, 0.4) is 0 Å². The molecular formula is C30H29NO7. The molecule has 0 radical (unpaired) electrons. The molecule has 5 rings (SSSR count). The number of para-hydroxylation sites is 1. The van der Waals surface area contributed by atoms with Gasteiger partial charge in [-0.05, 0) is 66.9 Å². The van der Waals surface area contributed by atoms with Gasteiger partial charge < -0.3 is 24.1 Å². The van der Waals surface area contributed by atoms with Crippen LogP contribution in [-0.4, -0.2) is 44.2 Å². The summed E-state index contributed by atoms with van der Waals surface area (Å²) < 4.78 is 22.4. The van der Waals surface area contributed by atoms with Gasteiger partial charge in [-0.2, -0.15) is 0 Å². The Morgan fingerprint density at radius 1 is 0.974 bits per heavy atom. The van der Waals surface area contributed by atoms with E-state index in [-0.39, 0.29) is 17.4 Å². The summed E-state index contributed by atoms with van der Waals surface area (Å²) in [4.78, 5) is 28.6. The van der Waals surface area contributed by atoms with Crippen molar-refractivity contribution in [2.24, 2.45) is 0 Å². The van der Waals surface area contributed by atoms with E-state index in [4.69, 9.17) is 18.9 Å². The van der Waals surface area contributed by atoms with E-state index in [1.54, 1.807) is 36.4 Å². The number of aliphatic hydroxyl groups excluding tert-OH is 1. The highest BCUT2D eigenvalue weighted by Crippen LogP contribution is 2.47. The van der Waals surface area contributed by atoms with Crippen molar-refractivity contribution in [1.82, 2.24) is 0 Å². The molecule has 3 aromatic rings. The molecule has 2 aliphatic heterocycles. The molecule has 1 amide bonds. The highest BCUT2D eigenvalue weighted by atomic mass is 16.5. The summed E-state index contributed by atoms with van der Waals surface area (Å²) in [6, 6.07) is 15.0. The lowest BCUT2D eigenvalue weighted by atomic mass is 9.93. The van der Waals surface area contributed by atoms with Crippen LogP contribution in [-0.2, 0) is 16.0 Å². The second-order valence-electron chi connectivity index (χ2n) is 9.37. The van der Waals surface area contributed by atoms with E-state index < -0.39 is 17.7 Å². The predicted molar refractivity (Wildman–Crippen MR) is 142 cm³/mol. The summed E-state index contributed by atoms with van der Waals surface area (Å²) in [5, 5.41) is 11.6. The van der Waals surface area contributed by atoms with E-state index in [9.17, 15) is 14.7 Å². The number of anilines is 1. The minimum absolute atomic E-state index is 0.0215. The number of carbonyl (C=O) groups excluding carboxylic acids is 2. The summed E-state index contributed by atoms with van der Waals surface area (Å²) in [5.41, 5.74) is 3.21. The lowest BCUT2D eigenvalue weighted by molar-refractivity contribution is -0.132. The number of hydrogen-bond acceptors (Lipinski definition) is 7. The molecule has 0 aromatic heterocycles. The number of benzene rings is 3. The Morgan fingerprint density at radius 2 is 1.66 bits per heavy atom. The summed E-state index contributed by atoms with van der Waals surface area (Å²) >= 11 is 0. The van der Waals surface area contributed by atoms with Crippen LogP contribution in [0.15, 0.2) is 60.2 Å². The molecule has 0 bridgehead atoms. The number of nitrogens with zero attached hydrogens (tertiary/aromatic N) is 1. The normalized spacial score (nSPS) is 19.8. The third-order valence-corrected chi connectivity index (χ3v) is 6.99. The molecule has 8 nitrogen and oxygen atoms in total. The Hall–Kier alpha value is -4.46. The maximum atomic E-state index is 13.6. The summed E-state index contributed by atoms with van der Waals surface area (Å²) in [5.74, 6) is 0.0598. The number of carbonyl (C=O) groups is 2. The molecular weight excluding hydrogens is 486 g/mol. The van der Waals surface area contributed by atoms with Crippen LogP contribution < -0.4 is 23.8 Å². The van der Waals surface area contributed by atoms with Crippen LogP contribution in [0.4, 0.5) is 5.69 Å². The van der Waals surface area contributed by atoms with Gasteiger partial charge in [0, 0.05) is 17.7 Å². The zero-order valence-electron chi connectivity index (χ0n) is 21.9. The predicted octanol–water partition coefficient (Wildman–Crippen LogP) is 4.97. The first-order valence-electron chi connectivity index (χ1n) is 12.3. The van der Waals surface area contributed by atoms with Crippen molar-refractivity contribution in [2.75, 3.05) is 26.2 Å². The zero-order valence-corrected chi connectivity index (χ0v) is 21.9. The molecule has 0 aliphatic carbocycles. The van der Waals surface area contributed by atoms with Crippen LogP contribution in [0.1, 0.15) is 35.2 Å². The average molecular weight is 516 g/mol. The van der Waals surface area contributed by atoms with E-state index >= 15 is 0 Å². The van der Waals surface area contributed by atoms with Crippen molar-refractivity contribution in [2.45, 2.75) is 32.4 Å². The maximum absolute atomic E-state index is 13.6. The van der Waals surface area contributed by atoms with Gasteiger partial charge in [-0.3, -0.25) is 14.5 Å². The van der Waals surface area contributed by atoms with Gasteiger partial charge in [0.2, 0.25) is 5.75 Å². The van der Waals surface area contributed by atoms with Gasteiger partial charge >= 0.3 is 0 Å². The topological polar surface area (TPSA) is 94.5 Å². The van der Waals surface area contributed by atoms with Crippen molar-refractivity contribution >= 4 is 23.1 Å². The molecule has 2 atom stereocenters. The molecule has 1 saturated heterocycles. The molecule has 2 unspecified atom stereocenters. The lowest BCUT2D eigenvalue weighted by Gasteiger charge is -2.27. The van der Waals surface area contributed by atoms with Crippen LogP contribution >= 0.6 is 0 Å². The smallest absolute Gasteiger partial charge is 0.300 e. The fourth-order valence-electron chi connectivity index (χ4n) is 5.21. The van der Waals surface area contributed by atoms with Crippen LogP contribution in [0.5, 0.6) is 23.0 Å². The first-order valence-corrected chi connectivity index (χ1v) is 12.3. The van der Waals surface area contributed by atoms with Gasteiger partial charge in [0.1, 0.15) is 17.6 Å². The second-order valence-corrected chi connectivity index (χ2v) is 9.37.